The molecule has 0 bridgehead atoms. The molecule has 1 aliphatic heterocycles. The Morgan fingerprint density at radius 1 is 1.19 bits per heavy atom. The van der Waals surface area contributed by atoms with E-state index in [9.17, 15) is 9.18 Å². The van der Waals surface area contributed by atoms with E-state index in [0.717, 1.165) is 37.2 Å². The standard InChI is InChI=1S/C22H27FN2O2/c1-16-15-17(3-9-21(16)23)4-10-22(26)24-18-5-7-19(8-6-18)25-13-11-20(27-2)12-14-25/h3,5-9,15,20H,4,10-14H2,1-2H3,(H,24,26). The summed E-state index contributed by atoms with van der Waals surface area (Å²) < 4.78 is 18.7. The van der Waals surface area contributed by atoms with E-state index in [1.165, 1.54) is 11.8 Å². The SMILES string of the molecule is COC1CCN(c2ccc(NC(=O)CCc3ccc(F)c(C)c3)cc2)CC1. The Kier molecular flexibility index (Phi) is 6.45. The van der Waals surface area contributed by atoms with Crippen LogP contribution in [0.5, 0.6) is 0 Å². The summed E-state index contributed by atoms with van der Waals surface area (Å²) in [4.78, 5) is 14.5. The predicted octanol–water partition coefficient (Wildman–Crippen LogP) is 4.32. The highest BCUT2D eigenvalue weighted by Gasteiger charge is 2.18. The molecule has 4 nitrogen and oxygen atoms in total. The molecule has 3 rings (SSSR count). The molecule has 0 radical (unpaired) electrons. The minimum Gasteiger partial charge on any atom is -0.381 e. The molecule has 2 aromatic rings. The highest BCUT2D eigenvalue weighted by molar-refractivity contribution is 5.91. The molecular weight excluding hydrogens is 343 g/mol. The minimum atomic E-state index is -0.213. The number of nitrogens with zero attached hydrogens (tertiary/aromatic N) is 1. The summed E-state index contributed by atoms with van der Waals surface area (Å²) in [5, 5.41) is 2.93. The first-order valence-corrected chi connectivity index (χ1v) is 9.48. The molecule has 5 heteroatoms. The smallest absolute Gasteiger partial charge is 0.224 e. The number of nitrogens with one attached hydrogen (secondary N) is 1. The van der Waals surface area contributed by atoms with Gasteiger partial charge in [0.2, 0.25) is 5.91 Å². The zero-order valence-electron chi connectivity index (χ0n) is 16.0. The zero-order chi connectivity index (χ0) is 19.2. The van der Waals surface area contributed by atoms with Crippen LogP contribution >= 0.6 is 0 Å². The maximum Gasteiger partial charge on any atom is 0.224 e. The molecule has 1 N–H and O–H groups in total. The Labute approximate surface area is 160 Å². The van der Waals surface area contributed by atoms with E-state index in [4.69, 9.17) is 4.74 Å². The van der Waals surface area contributed by atoms with Crippen LogP contribution in [-0.2, 0) is 16.0 Å². The van der Waals surface area contributed by atoms with Gasteiger partial charge in [0.05, 0.1) is 6.10 Å². The van der Waals surface area contributed by atoms with E-state index < -0.39 is 0 Å². The third-order valence-corrected chi connectivity index (χ3v) is 5.15. The molecule has 1 fully saturated rings. The fourth-order valence-electron chi connectivity index (χ4n) is 3.45. The number of piperidine rings is 1. The zero-order valence-corrected chi connectivity index (χ0v) is 16.0. The van der Waals surface area contributed by atoms with Gasteiger partial charge in [-0.3, -0.25) is 4.79 Å². The van der Waals surface area contributed by atoms with Crippen molar-refractivity contribution in [3.05, 3.63) is 59.4 Å². The number of anilines is 2. The average Bonchev–Trinajstić information content (AvgIpc) is 2.69. The van der Waals surface area contributed by atoms with Crippen LogP contribution in [-0.4, -0.2) is 32.2 Å². The second-order valence-electron chi connectivity index (χ2n) is 7.10. The van der Waals surface area contributed by atoms with Gasteiger partial charge >= 0.3 is 0 Å². The largest absolute Gasteiger partial charge is 0.381 e. The van der Waals surface area contributed by atoms with Crippen LogP contribution in [0.2, 0.25) is 0 Å². The van der Waals surface area contributed by atoms with Crippen LogP contribution in [0, 0.1) is 12.7 Å². The minimum absolute atomic E-state index is 0.0364. The molecule has 1 saturated heterocycles. The summed E-state index contributed by atoms with van der Waals surface area (Å²) in [7, 11) is 1.77. The van der Waals surface area contributed by atoms with Gasteiger partial charge in [0.15, 0.2) is 0 Å². The topological polar surface area (TPSA) is 41.6 Å². The lowest BCUT2D eigenvalue weighted by molar-refractivity contribution is -0.116. The van der Waals surface area contributed by atoms with Gasteiger partial charge in [-0.05, 0) is 67.6 Å². The summed E-state index contributed by atoms with van der Waals surface area (Å²) in [5.41, 5.74) is 3.55. The van der Waals surface area contributed by atoms with Crippen molar-refractivity contribution in [1.82, 2.24) is 0 Å². The number of rotatable bonds is 6. The van der Waals surface area contributed by atoms with E-state index in [1.807, 2.05) is 24.3 Å². The number of methoxy groups -OCH3 is 1. The molecule has 0 atom stereocenters. The summed E-state index contributed by atoms with van der Waals surface area (Å²) in [6.45, 7) is 3.71. The van der Waals surface area contributed by atoms with E-state index in [1.54, 1.807) is 26.2 Å². The number of amides is 1. The van der Waals surface area contributed by atoms with Gasteiger partial charge in [0.1, 0.15) is 5.82 Å². The molecule has 0 aromatic heterocycles. The Morgan fingerprint density at radius 2 is 1.89 bits per heavy atom. The molecule has 1 amide bonds. The highest BCUT2D eigenvalue weighted by atomic mass is 19.1. The fraction of sp³-hybridized carbons (Fsp3) is 0.409. The van der Waals surface area contributed by atoms with Crippen molar-refractivity contribution in [3.63, 3.8) is 0 Å². The van der Waals surface area contributed by atoms with Crippen LogP contribution in [0.4, 0.5) is 15.8 Å². The first-order valence-electron chi connectivity index (χ1n) is 9.48. The van der Waals surface area contributed by atoms with Gasteiger partial charge < -0.3 is 15.0 Å². The van der Waals surface area contributed by atoms with E-state index in [-0.39, 0.29) is 11.7 Å². The maximum absolute atomic E-state index is 13.3. The highest BCUT2D eigenvalue weighted by Crippen LogP contribution is 2.23. The van der Waals surface area contributed by atoms with Gasteiger partial charge in [-0.25, -0.2) is 4.39 Å². The Bertz CT molecular complexity index is 768. The summed E-state index contributed by atoms with van der Waals surface area (Å²) in [6, 6.07) is 13.0. The molecule has 144 valence electrons. The number of carbonyl (C=O) groups excluding carboxylic acids is 1. The predicted molar refractivity (Wildman–Crippen MR) is 107 cm³/mol. The molecule has 0 unspecified atom stereocenters. The molecule has 0 saturated carbocycles. The van der Waals surface area contributed by atoms with Crippen molar-refractivity contribution in [2.24, 2.45) is 0 Å². The van der Waals surface area contributed by atoms with Crippen molar-refractivity contribution in [1.29, 1.82) is 0 Å². The van der Waals surface area contributed by atoms with Crippen LogP contribution in [0.15, 0.2) is 42.5 Å². The quantitative estimate of drug-likeness (QED) is 0.823. The van der Waals surface area contributed by atoms with Gasteiger partial charge in [-0.1, -0.05) is 12.1 Å². The van der Waals surface area contributed by atoms with Gasteiger partial charge in [-0.2, -0.15) is 0 Å². The van der Waals surface area contributed by atoms with Gasteiger partial charge in [0.25, 0.3) is 0 Å². The van der Waals surface area contributed by atoms with E-state index >= 15 is 0 Å². The monoisotopic (exact) mass is 370 g/mol. The molecule has 0 spiro atoms. The van der Waals surface area contributed by atoms with Crippen LogP contribution in [0.3, 0.4) is 0 Å². The fourth-order valence-corrected chi connectivity index (χ4v) is 3.45. The Hall–Kier alpha value is -2.40. The lowest BCUT2D eigenvalue weighted by Crippen LogP contribution is -2.36. The normalized spacial score (nSPS) is 15.0. The summed E-state index contributed by atoms with van der Waals surface area (Å²) in [5.74, 6) is -0.250. The molecule has 27 heavy (non-hydrogen) atoms. The Balaban J connectivity index is 1.49. The van der Waals surface area contributed by atoms with Crippen LogP contribution in [0.25, 0.3) is 0 Å². The van der Waals surface area contributed by atoms with Gasteiger partial charge in [0, 0.05) is 38.0 Å². The summed E-state index contributed by atoms with van der Waals surface area (Å²) in [6.07, 6.45) is 3.41. The lowest BCUT2D eigenvalue weighted by Gasteiger charge is -2.33. The number of aryl methyl sites for hydroxylation is 2. The van der Waals surface area contributed by atoms with Crippen LogP contribution < -0.4 is 10.2 Å². The number of halogens is 1. The number of benzene rings is 2. The number of hydrogen-bond acceptors (Lipinski definition) is 3. The molecule has 1 heterocycles. The Morgan fingerprint density at radius 3 is 2.52 bits per heavy atom. The summed E-state index contributed by atoms with van der Waals surface area (Å²) >= 11 is 0. The molecule has 2 aromatic carbocycles. The number of ether oxygens (including phenoxy) is 1. The van der Waals surface area contributed by atoms with E-state index in [0.29, 0.717) is 24.5 Å². The van der Waals surface area contributed by atoms with Crippen molar-refractivity contribution in [2.45, 2.75) is 38.7 Å². The average molecular weight is 370 g/mol. The number of carbonyl (C=O) groups is 1. The first kappa shape index (κ1) is 19.4. The van der Waals surface area contributed by atoms with Gasteiger partial charge in [-0.15, -0.1) is 0 Å². The van der Waals surface area contributed by atoms with Crippen molar-refractivity contribution in [2.75, 3.05) is 30.4 Å². The second kappa shape index (κ2) is 9.00. The lowest BCUT2D eigenvalue weighted by atomic mass is 10.1. The molecule has 0 aliphatic carbocycles. The first-order chi connectivity index (χ1) is 13.0. The third-order valence-electron chi connectivity index (χ3n) is 5.15. The molecular formula is C22H27FN2O2. The van der Waals surface area contributed by atoms with E-state index in [2.05, 4.69) is 10.2 Å². The van der Waals surface area contributed by atoms with Crippen molar-refractivity contribution < 1.29 is 13.9 Å². The third kappa shape index (κ3) is 5.30. The second-order valence-corrected chi connectivity index (χ2v) is 7.10. The van der Waals surface area contributed by atoms with Crippen molar-refractivity contribution in [3.8, 4) is 0 Å². The maximum atomic E-state index is 13.3. The molecule has 1 aliphatic rings. The van der Waals surface area contributed by atoms with Crippen molar-refractivity contribution >= 4 is 17.3 Å². The van der Waals surface area contributed by atoms with Crippen LogP contribution in [0.1, 0.15) is 30.4 Å². The number of hydrogen-bond donors (Lipinski definition) is 1.